The van der Waals surface area contributed by atoms with Crippen LogP contribution in [0.3, 0.4) is 0 Å². The molecule has 4 rings (SSSR count). The second kappa shape index (κ2) is 13.2. The molecule has 2 heterocycles. The van der Waals surface area contributed by atoms with Crippen molar-refractivity contribution in [2.45, 2.75) is 64.3 Å². The van der Waals surface area contributed by atoms with Crippen molar-refractivity contribution in [3.63, 3.8) is 0 Å². The molecule has 1 aliphatic heterocycles. The minimum Gasteiger partial charge on any atom is -0.489 e. The van der Waals surface area contributed by atoms with Crippen LogP contribution in [-0.2, 0) is 16.1 Å². The zero-order valence-electron chi connectivity index (χ0n) is 21.8. The quantitative estimate of drug-likeness (QED) is 0.143. The molecule has 3 aromatic rings. The summed E-state index contributed by atoms with van der Waals surface area (Å²) < 4.78 is 27.3. The van der Waals surface area contributed by atoms with Crippen molar-refractivity contribution in [2.24, 2.45) is 0 Å². The first-order valence-corrected chi connectivity index (χ1v) is 14.2. The van der Waals surface area contributed by atoms with Crippen LogP contribution in [0, 0.1) is 5.82 Å². The van der Waals surface area contributed by atoms with Crippen LogP contribution in [0.2, 0.25) is 5.02 Å². The van der Waals surface area contributed by atoms with Crippen LogP contribution < -0.4 is 10.1 Å². The number of hydrogen-bond acceptors (Lipinski definition) is 7. The van der Waals surface area contributed by atoms with Gasteiger partial charge in [-0.25, -0.2) is 13.9 Å². The summed E-state index contributed by atoms with van der Waals surface area (Å²) in [4.78, 5) is 17.9. The summed E-state index contributed by atoms with van der Waals surface area (Å²) in [6, 6.07) is 11.3. The van der Waals surface area contributed by atoms with E-state index in [-0.39, 0.29) is 12.6 Å². The highest BCUT2D eigenvalue weighted by atomic mass is 35.5. The molecule has 2 aromatic carbocycles. The van der Waals surface area contributed by atoms with Gasteiger partial charge < -0.3 is 14.8 Å². The second-order valence-corrected chi connectivity index (χ2v) is 10.4. The van der Waals surface area contributed by atoms with Crippen molar-refractivity contribution in [1.82, 2.24) is 14.8 Å². The lowest BCUT2D eigenvalue weighted by molar-refractivity contribution is -0.139. The number of thioether (sulfide) groups is 1. The fraction of sp³-hybridized carbons (Fsp3) is 0.393. The molecule has 1 aliphatic rings. The Morgan fingerprint density at radius 3 is 2.63 bits per heavy atom. The Kier molecular flexibility index (Phi) is 9.69. The molecule has 10 heteroatoms. The van der Waals surface area contributed by atoms with Gasteiger partial charge in [0.15, 0.2) is 0 Å². The van der Waals surface area contributed by atoms with Crippen LogP contribution in [0.4, 0.5) is 10.3 Å². The number of rotatable bonds is 12. The molecule has 0 aliphatic carbocycles. The van der Waals surface area contributed by atoms with Crippen LogP contribution in [-0.4, -0.2) is 33.1 Å². The molecule has 0 bridgehead atoms. The number of benzene rings is 2. The number of allylic oxidation sites excluding steroid dienone is 1. The van der Waals surface area contributed by atoms with Gasteiger partial charge in [-0.15, -0.1) is 5.10 Å². The zero-order valence-corrected chi connectivity index (χ0v) is 23.4. The molecule has 1 unspecified atom stereocenters. The molecule has 0 spiro atoms. The van der Waals surface area contributed by atoms with Gasteiger partial charge >= 0.3 is 5.97 Å². The van der Waals surface area contributed by atoms with Gasteiger partial charge in [-0.1, -0.05) is 68.3 Å². The maximum Gasteiger partial charge on any atom is 0.338 e. The lowest BCUT2D eigenvalue weighted by Crippen LogP contribution is -2.29. The third kappa shape index (κ3) is 6.50. The first kappa shape index (κ1) is 28.0. The van der Waals surface area contributed by atoms with Gasteiger partial charge in [0.05, 0.1) is 17.2 Å². The van der Waals surface area contributed by atoms with Crippen molar-refractivity contribution in [3.05, 3.63) is 75.7 Å². The van der Waals surface area contributed by atoms with Crippen molar-refractivity contribution in [2.75, 3.05) is 17.7 Å². The minimum absolute atomic E-state index is 0.00220. The summed E-state index contributed by atoms with van der Waals surface area (Å²) in [5.41, 5.74) is 2.28. The largest absolute Gasteiger partial charge is 0.489 e. The van der Waals surface area contributed by atoms with Crippen LogP contribution in [0.15, 0.2) is 58.9 Å². The number of nitrogens with zero attached hydrogens (tertiary/aromatic N) is 3. The Balaban J connectivity index is 1.61. The van der Waals surface area contributed by atoms with Crippen molar-refractivity contribution in [3.8, 4) is 5.75 Å². The molecule has 202 valence electrons. The number of fused-ring (bicyclic) bond motifs is 1. The third-order valence-corrected chi connectivity index (χ3v) is 7.43. The number of carbonyl (C=O) groups is 1. The Morgan fingerprint density at radius 1 is 1.16 bits per heavy atom. The average molecular weight is 559 g/mol. The topological polar surface area (TPSA) is 78.3 Å². The van der Waals surface area contributed by atoms with E-state index in [2.05, 4.69) is 17.2 Å². The number of carbonyl (C=O) groups excluding carboxylic acids is 1. The van der Waals surface area contributed by atoms with Gasteiger partial charge in [0.25, 0.3) is 0 Å². The predicted molar refractivity (Wildman–Crippen MR) is 148 cm³/mol. The lowest BCUT2D eigenvalue weighted by Gasteiger charge is -2.28. The summed E-state index contributed by atoms with van der Waals surface area (Å²) in [6.07, 6.45) is 3.88. The maximum absolute atomic E-state index is 14.1. The highest BCUT2D eigenvalue weighted by molar-refractivity contribution is 7.99. The number of halogens is 2. The normalized spacial score (nSPS) is 14.7. The Labute approximate surface area is 231 Å². The molecular weight excluding hydrogens is 527 g/mol. The van der Waals surface area contributed by atoms with Gasteiger partial charge in [0.1, 0.15) is 24.2 Å². The van der Waals surface area contributed by atoms with Gasteiger partial charge in [-0.05, 0) is 49.6 Å². The summed E-state index contributed by atoms with van der Waals surface area (Å²) in [5, 5.41) is 8.94. The van der Waals surface area contributed by atoms with E-state index in [1.165, 1.54) is 6.07 Å². The molecule has 0 radical (unpaired) electrons. The fourth-order valence-corrected chi connectivity index (χ4v) is 5.16. The van der Waals surface area contributed by atoms with Crippen molar-refractivity contribution in [1.29, 1.82) is 0 Å². The molecule has 0 amide bonds. The average Bonchev–Trinajstić information content (AvgIpc) is 3.30. The summed E-state index contributed by atoms with van der Waals surface area (Å²) in [7, 11) is 0. The van der Waals surface area contributed by atoms with E-state index in [4.69, 9.17) is 26.2 Å². The van der Waals surface area contributed by atoms with E-state index >= 15 is 0 Å². The number of ether oxygens (including phenoxy) is 2. The van der Waals surface area contributed by atoms with Crippen LogP contribution in [0.25, 0.3) is 0 Å². The number of unbranched alkanes of at least 4 members (excludes halogenated alkanes) is 2. The molecule has 0 fully saturated rings. The van der Waals surface area contributed by atoms with E-state index in [9.17, 15) is 9.18 Å². The molecule has 0 saturated heterocycles. The fourth-order valence-electron chi connectivity index (χ4n) is 4.03. The monoisotopic (exact) mass is 558 g/mol. The number of aromatic nitrogens is 3. The number of hydrogen-bond donors (Lipinski definition) is 1. The molecule has 1 aromatic heterocycles. The first-order valence-electron chi connectivity index (χ1n) is 12.8. The first-order chi connectivity index (χ1) is 18.4. The van der Waals surface area contributed by atoms with Gasteiger partial charge in [0.2, 0.25) is 11.1 Å². The van der Waals surface area contributed by atoms with Gasteiger partial charge in [-0.3, -0.25) is 0 Å². The highest BCUT2D eigenvalue weighted by Crippen LogP contribution is 2.37. The van der Waals surface area contributed by atoms with Gasteiger partial charge in [0, 0.05) is 17.0 Å². The van der Waals surface area contributed by atoms with E-state index in [0.29, 0.717) is 45.3 Å². The van der Waals surface area contributed by atoms with Crippen molar-refractivity contribution >= 4 is 35.3 Å². The molecule has 0 saturated carbocycles. The zero-order chi connectivity index (χ0) is 27.1. The van der Waals surface area contributed by atoms with E-state index in [0.717, 1.165) is 37.0 Å². The number of anilines is 1. The standard InChI is InChI=1S/C28H32ClFN4O3S/c1-4-6-15-36-26(35)24-18(3)31-27-32-28(38-16-7-5-2)33-34(27)25(24)19-11-13-20(14-12-19)37-17-21-22(29)9-8-10-23(21)30/h8-14,25H,4-7,15-17H2,1-3H3,(H,31,32,33). The Morgan fingerprint density at radius 2 is 1.92 bits per heavy atom. The predicted octanol–water partition coefficient (Wildman–Crippen LogP) is 7.17. The molecule has 1 N–H and O–H groups in total. The lowest BCUT2D eigenvalue weighted by atomic mass is 9.96. The molecule has 38 heavy (non-hydrogen) atoms. The van der Waals surface area contributed by atoms with Crippen LogP contribution in [0.5, 0.6) is 5.75 Å². The maximum atomic E-state index is 14.1. The summed E-state index contributed by atoms with van der Waals surface area (Å²) >= 11 is 7.72. The van der Waals surface area contributed by atoms with Crippen LogP contribution in [0.1, 0.15) is 63.6 Å². The smallest absolute Gasteiger partial charge is 0.338 e. The van der Waals surface area contributed by atoms with E-state index < -0.39 is 11.9 Å². The van der Waals surface area contributed by atoms with Crippen LogP contribution >= 0.6 is 23.4 Å². The molecule has 7 nitrogen and oxygen atoms in total. The van der Waals surface area contributed by atoms with Gasteiger partial charge in [-0.2, -0.15) is 4.98 Å². The molecule has 1 atom stereocenters. The minimum atomic E-state index is -0.525. The highest BCUT2D eigenvalue weighted by Gasteiger charge is 2.35. The number of nitrogens with one attached hydrogen (secondary N) is 1. The van der Waals surface area contributed by atoms with Crippen molar-refractivity contribution < 1.29 is 18.7 Å². The second-order valence-electron chi connectivity index (χ2n) is 8.98. The van der Waals surface area contributed by atoms with E-state index in [1.54, 1.807) is 40.7 Å². The summed E-state index contributed by atoms with van der Waals surface area (Å²) in [6.45, 7) is 6.39. The molecular formula is C28H32ClFN4O3S. The number of esters is 1. The Bertz CT molecular complexity index is 1280. The third-order valence-electron chi connectivity index (χ3n) is 6.15. The van der Waals surface area contributed by atoms with E-state index in [1.807, 2.05) is 26.0 Å². The SMILES string of the molecule is CCCCOC(=O)C1=C(C)Nc2nc(SCCCC)nn2C1c1ccc(OCc2c(F)cccc2Cl)cc1. The summed E-state index contributed by atoms with van der Waals surface area (Å²) in [5.74, 6) is 1.24. The Hall–Kier alpha value is -3.04.